The van der Waals surface area contributed by atoms with Gasteiger partial charge in [0, 0.05) is 18.0 Å². The van der Waals surface area contributed by atoms with E-state index in [4.69, 9.17) is 18.4 Å². The summed E-state index contributed by atoms with van der Waals surface area (Å²) < 4.78 is 49.4. The minimum Gasteiger partial charge on any atom is -0.497 e. The van der Waals surface area contributed by atoms with Crippen LogP contribution < -0.4 is 19.5 Å². The molecule has 1 saturated heterocycles. The number of likely N-dealkylation sites (tertiary alicyclic amines) is 1. The third-order valence-corrected chi connectivity index (χ3v) is 9.30. The highest BCUT2D eigenvalue weighted by molar-refractivity contribution is 7.85. The standard InChI is InChI=1S/C30H40N4O9S/c1-7-19-16-30(19,26(36)33-44(38,39)43-29(5)11-12-29)32-24(35)23-15-21(17-34(23)27(37)42-28(2,3)4)41-25-22-9-8-20(40-6)14-18(22)10-13-31-25/h8-10,13-14,19,21,23H,7,11-12,15-17H2,1-6H3,(H,32,35)(H,33,36). The van der Waals surface area contributed by atoms with E-state index in [2.05, 4.69) is 10.3 Å². The third-order valence-electron chi connectivity index (χ3n) is 8.24. The number of ether oxygens (including phenoxy) is 3. The third kappa shape index (κ3) is 6.85. The number of rotatable bonds is 10. The van der Waals surface area contributed by atoms with E-state index in [-0.39, 0.29) is 25.3 Å². The minimum atomic E-state index is -4.39. The van der Waals surface area contributed by atoms with Crippen molar-refractivity contribution in [3.8, 4) is 11.6 Å². The fraction of sp³-hybridized carbons (Fsp3) is 0.600. The Labute approximate surface area is 257 Å². The molecule has 0 radical (unpaired) electrons. The molecule has 3 aliphatic rings. The maximum Gasteiger partial charge on any atom is 0.411 e. The van der Waals surface area contributed by atoms with Gasteiger partial charge < -0.3 is 19.5 Å². The van der Waals surface area contributed by atoms with Crippen LogP contribution in [0.1, 0.15) is 66.7 Å². The average molecular weight is 633 g/mol. The molecule has 2 N–H and O–H groups in total. The smallest absolute Gasteiger partial charge is 0.411 e. The number of hydrogen-bond acceptors (Lipinski definition) is 10. The first-order valence-corrected chi connectivity index (χ1v) is 16.2. The molecule has 0 bridgehead atoms. The van der Waals surface area contributed by atoms with Gasteiger partial charge in [-0.3, -0.25) is 14.5 Å². The van der Waals surface area contributed by atoms with Gasteiger partial charge in [-0.25, -0.2) is 18.7 Å². The molecular weight excluding hydrogens is 592 g/mol. The second kappa shape index (κ2) is 11.4. The van der Waals surface area contributed by atoms with E-state index in [0.29, 0.717) is 30.9 Å². The normalized spacial score (nSPS) is 25.7. The molecule has 44 heavy (non-hydrogen) atoms. The Balaban J connectivity index is 1.35. The van der Waals surface area contributed by atoms with Crippen LogP contribution in [-0.2, 0) is 28.8 Å². The molecule has 2 saturated carbocycles. The molecule has 4 unspecified atom stereocenters. The Morgan fingerprint density at radius 1 is 1.16 bits per heavy atom. The summed E-state index contributed by atoms with van der Waals surface area (Å²) >= 11 is 0. The van der Waals surface area contributed by atoms with Crippen molar-refractivity contribution in [2.45, 2.75) is 95.6 Å². The molecule has 2 aromatic rings. The number of carbonyl (C=O) groups excluding carboxylic acids is 3. The molecule has 3 amide bonds. The van der Waals surface area contributed by atoms with Gasteiger partial charge in [-0.2, -0.15) is 8.42 Å². The summed E-state index contributed by atoms with van der Waals surface area (Å²) in [4.78, 5) is 46.1. The quantitative estimate of drug-likeness (QED) is 0.398. The number of pyridine rings is 1. The van der Waals surface area contributed by atoms with Crippen LogP contribution in [0.2, 0.25) is 0 Å². The molecule has 1 aromatic heterocycles. The van der Waals surface area contributed by atoms with Gasteiger partial charge in [-0.05, 0) is 82.5 Å². The lowest BCUT2D eigenvalue weighted by atomic mass is 10.1. The largest absolute Gasteiger partial charge is 0.497 e. The molecule has 240 valence electrons. The number of amides is 3. The van der Waals surface area contributed by atoms with Crippen molar-refractivity contribution in [2.24, 2.45) is 5.92 Å². The lowest BCUT2D eigenvalue weighted by Crippen LogP contribution is -2.57. The summed E-state index contributed by atoms with van der Waals surface area (Å²) in [6.07, 6.45) is 2.25. The van der Waals surface area contributed by atoms with E-state index in [1.54, 1.807) is 47.1 Å². The van der Waals surface area contributed by atoms with Gasteiger partial charge >= 0.3 is 16.4 Å². The summed E-state index contributed by atoms with van der Waals surface area (Å²) in [5.74, 6) is -0.770. The molecule has 5 rings (SSSR count). The molecule has 1 aromatic carbocycles. The summed E-state index contributed by atoms with van der Waals surface area (Å²) in [7, 11) is -2.81. The van der Waals surface area contributed by atoms with E-state index in [1.807, 2.05) is 29.8 Å². The van der Waals surface area contributed by atoms with E-state index < -0.39 is 57.1 Å². The predicted molar refractivity (Wildman–Crippen MR) is 159 cm³/mol. The number of nitrogens with one attached hydrogen (secondary N) is 2. The van der Waals surface area contributed by atoms with Crippen LogP contribution in [0.5, 0.6) is 11.6 Å². The van der Waals surface area contributed by atoms with Crippen LogP contribution in [0.4, 0.5) is 4.79 Å². The van der Waals surface area contributed by atoms with Gasteiger partial charge in [0.2, 0.25) is 11.8 Å². The topological polar surface area (TPSA) is 162 Å². The Hall–Kier alpha value is -3.65. The molecule has 3 fully saturated rings. The summed E-state index contributed by atoms with van der Waals surface area (Å²) in [6, 6.07) is 6.23. The number of benzene rings is 1. The highest BCUT2D eigenvalue weighted by Crippen LogP contribution is 2.47. The molecule has 2 heterocycles. The van der Waals surface area contributed by atoms with E-state index >= 15 is 0 Å². The number of nitrogens with zero attached hydrogens (tertiary/aromatic N) is 2. The van der Waals surface area contributed by atoms with Crippen molar-refractivity contribution < 1.29 is 41.2 Å². The van der Waals surface area contributed by atoms with Gasteiger partial charge in [0.05, 0.1) is 19.3 Å². The number of aromatic nitrogens is 1. The van der Waals surface area contributed by atoms with Gasteiger partial charge in [-0.15, -0.1) is 0 Å². The van der Waals surface area contributed by atoms with Crippen LogP contribution in [0.15, 0.2) is 30.5 Å². The molecule has 14 heteroatoms. The molecule has 2 aliphatic carbocycles. The van der Waals surface area contributed by atoms with Crippen molar-refractivity contribution in [3.63, 3.8) is 0 Å². The number of carbonyl (C=O) groups is 3. The number of hydrogen-bond donors (Lipinski definition) is 2. The van der Waals surface area contributed by atoms with Crippen LogP contribution in [0.25, 0.3) is 10.8 Å². The zero-order chi connectivity index (χ0) is 32.1. The van der Waals surface area contributed by atoms with Crippen molar-refractivity contribution in [1.29, 1.82) is 0 Å². The molecule has 4 atom stereocenters. The van der Waals surface area contributed by atoms with E-state index in [9.17, 15) is 22.8 Å². The molecule has 1 aliphatic heterocycles. The molecule has 0 spiro atoms. The number of fused-ring (bicyclic) bond motifs is 1. The first-order chi connectivity index (χ1) is 20.6. The summed E-state index contributed by atoms with van der Waals surface area (Å²) in [6.45, 7) is 8.68. The number of methoxy groups -OCH3 is 1. The average Bonchev–Trinajstić information content (AvgIpc) is 3.79. The highest BCUT2D eigenvalue weighted by Gasteiger charge is 2.62. The SMILES string of the molecule is CCC1CC1(NC(=O)C1CC(Oc2nccc3cc(OC)ccc23)CN1C(=O)OC(C)(C)C)C(=O)NS(=O)(=O)OC1(C)CC1. The van der Waals surface area contributed by atoms with Gasteiger partial charge in [-0.1, -0.05) is 13.3 Å². The maximum absolute atomic E-state index is 13.8. The monoisotopic (exact) mass is 632 g/mol. The fourth-order valence-electron chi connectivity index (χ4n) is 5.52. The van der Waals surface area contributed by atoms with E-state index in [0.717, 1.165) is 10.8 Å². The van der Waals surface area contributed by atoms with Crippen molar-refractivity contribution >= 4 is 39.0 Å². The Bertz CT molecular complexity index is 1570. The van der Waals surface area contributed by atoms with Crippen molar-refractivity contribution in [3.05, 3.63) is 30.5 Å². The zero-order valence-electron chi connectivity index (χ0n) is 25.8. The second-order valence-electron chi connectivity index (χ2n) is 13.0. The first-order valence-electron chi connectivity index (χ1n) is 14.8. The summed E-state index contributed by atoms with van der Waals surface area (Å²) in [5, 5.41) is 4.35. The lowest BCUT2D eigenvalue weighted by molar-refractivity contribution is -0.132. The van der Waals surface area contributed by atoms with Crippen LogP contribution in [0, 0.1) is 5.92 Å². The lowest BCUT2D eigenvalue weighted by Gasteiger charge is -2.29. The fourth-order valence-corrected chi connectivity index (χ4v) is 6.67. The highest BCUT2D eigenvalue weighted by atomic mass is 32.2. The van der Waals surface area contributed by atoms with Crippen LogP contribution >= 0.6 is 0 Å². The predicted octanol–water partition coefficient (Wildman–Crippen LogP) is 3.22. The second-order valence-corrected chi connectivity index (χ2v) is 14.3. The zero-order valence-corrected chi connectivity index (χ0v) is 26.7. The van der Waals surface area contributed by atoms with Crippen LogP contribution in [-0.4, -0.2) is 78.8 Å². The van der Waals surface area contributed by atoms with Gasteiger partial charge in [0.25, 0.3) is 5.91 Å². The van der Waals surface area contributed by atoms with Crippen molar-refractivity contribution in [1.82, 2.24) is 19.9 Å². The Morgan fingerprint density at radius 3 is 2.50 bits per heavy atom. The summed E-state index contributed by atoms with van der Waals surface area (Å²) in [5.41, 5.74) is -3.11. The van der Waals surface area contributed by atoms with E-state index in [1.165, 1.54) is 4.90 Å². The first kappa shape index (κ1) is 31.8. The van der Waals surface area contributed by atoms with Gasteiger partial charge in [0.1, 0.15) is 29.0 Å². The van der Waals surface area contributed by atoms with Gasteiger partial charge in [0.15, 0.2) is 0 Å². The molecule has 13 nitrogen and oxygen atoms in total. The minimum absolute atomic E-state index is 0.0262. The maximum atomic E-state index is 13.8. The van der Waals surface area contributed by atoms with Crippen LogP contribution in [0.3, 0.4) is 0 Å². The molecular formula is C30H40N4O9S. The Kier molecular flexibility index (Phi) is 8.21. The van der Waals surface area contributed by atoms with Crippen molar-refractivity contribution in [2.75, 3.05) is 13.7 Å². The Morgan fingerprint density at radius 2 is 1.89 bits per heavy atom.